The number of pyridine rings is 1. The molecule has 1 fully saturated rings. The summed E-state index contributed by atoms with van der Waals surface area (Å²) in [6, 6.07) is 16.5. The summed E-state index contributed by atoms with van der Waals surface area (Å²) in [5.74, 6) is 1.06. The topological polar surface area (TPSA) is 47.8 Å². The molecule has 0 bridgehead atoms. The van der Waals surface area contributed by atoms with Crippen LogP contribution < -0.4 is 0 Å². The molecular weight excluding hydrogens is 435 g/mol. The van der Waals surface area contributed by atoms with Gasteiger partial charge in [0, 0.05) is 49.9 Å². The predicted molar refractivity (Wildman–Crippen MR) is 111 cm³/mol. The van der Waals surface area contributed by atoms with Crippen LogP contribution in [0, 0.1) is 6.20 Å². The number of ketones is 1. The molecule has 1 saturated carbocycles. The van der Waals surface area contributed by atoms with Crippen molar-refractivity contribution in [1.29, 1.82) is 0 Å². The summed E-state index contributed by atoms with van der Waals surface area (Å²) in [6.07, 6.45) is 9.07. The van der Waals surface area contributed by atoms with Crippen molar-refractivity contribution in [1.82, 2.24) is 14.5 Å². The fourth-order valence-electron chi connectivity index (χ4n) is 4.39. The quantitative estimate of drug-likeness (QED) is 0.291. The summed E-state index contributed by atoms with van der Waals surface area (Å²) in [5, 5.41) is 1.09. The van der Waals surface area contributed by atoms with Crippen molar-refractivity contribution in [3.63, 3.8) is 0 Å². The van der Waals surface area contributed by atoms with Crippen LogP contribution in [0.1, 0.15) is 55.4 Å². The van der Waals surface area contributed by atoms with Gasteiger partial charge in [-0.2, -0.15) is 12.1 Å². The zero-order valence-corrected chi connectivity index (χ0v) is 19.4. The van der Waals surface area contributed by atoms with Gasteiger partial charge in [-0.1, -0.05) is 43.7 Å². The number of rotatable bonds is 3. The van der Waals surface area contributed by atoms with Crippen molar-refractivity contribution in [2.24, 2.45) is 0 Å². The van der Waals surface area contributed by atoms with Gasteiger partial charge in [0.05, 0.1) is 11.0 Å². The van der Waals surface area contributed by atoms with Crippen LogP contribution in [0.3, 0.4) is 0 Å². The minimum atomic E-state index is 0. The molecule has 5 heteroatoms. The molecule has 0 unspecified atom stereocenters. The van der Waals surface area contributed by atoms with Gasteiger partial charge in [-0.05, 0) is 43.5 Å². The SMILES string of the molecule is CC(=O)c1ccc2c(c1)nc(-c1ccc3n[c-]ccc3c1)n2C1CCCCC1.[Y]. The smallest absolute Gasteiger partial charge is 0.159 e. The second-order valence-electron chi connectivity index (χ2n) is 7.70. The first-order valence-electron chi connectivity index (χ1n) is 10.0. The molecule has 0 N–H and O–H groups in total. The Labute approximate surface area is 195 Å². The second-order valence-corrected chi connectivity index (χ2v) is 7.70. The normalized spacial score (nSPS) is 14.8. The monoisotopic (exact) mass is 457 g/mol. The maximum atomic E-state index is 11.9. The minimum absolute atomic E-state index is 0. The third-order valence-electron chi connectivity index (χ3n) is 5.84. The number of imidazole rings is 1. The minimum Gasteiger partial charge on any atom is -0.386 e. The van der Waals surface area contributed by atoms with E-state index in [1.54, 1.807) is 6.92 Å². The van der Waals surface area contributed by atoms with Crippen LogP contribution in [0.25, 0.3) is 33.3 Å². The zero-order valence-electron chi connectivity index (χ0n) is 16.6. The number of benzene rings is 2. The summed E-state index contributed by atoms with van der Waals surface area (Å²) < 4.78 is 2.40. The molecule has 2 heterocycles. The molecule has 0 spiro atoms. The Balaban J connectivity index is 0.00000205. The Hall–Kier alpha value is -1.91. The molecule has 5 rings (SSSR count). The molecule has 2 aromatic carbocycles. The number of carbonyl (C=O) groups is 1. The molecular formula is C24H22N3OY-. The van der Waals surface area contributed by atoms with Gasteiger partial charge in [0.25, 0.3) is 0 Å². The molecule has 29 heavy (non-hydrogen) atoms. The first-order valence-corrected chi connectivity index (χ1v) is 10.0. The van der Waals surface area contributed by atoms with Crippen molar-refractivity contribution in [2.75, 3.05) is 0 Å². The number of Topliss-reactive ketones (excluding diaryl/α,β-unsaturated/α-hetero) is 1. The average molecular weight is 457 g/mol. The summed E-state index contributed by atoms with van der Waals surface area (Å²) in [7, 11) is 0. The van der Waals surface area contributed by atoms with Gasteiger partial charge >= 0.3 is 0 Å². The van der Waals surface area contributed by atoms with Crippen molar-refractivity contribution in [2.45, 2.75) is 45.1 Å². The average Bonchev–Trinajstić information content (AvgIpc) is 3.12. The first kappa shape index (κ1) is 20.4. The molecule has 4 aromatic rings. The molecule has 0 aliphatic heterocycles. The molecule has 0 amide bonds. The Morgan fingerprint density at radius 2 is 1.86 bits per heavy atom. The van der Waals surface area contributed by atoms with Gasteiger partial charge in [-0.3, -0.25) is 4.79 Å². The third kappa shape index (κ3) is 3.81. The molecule has 4 nitrogen and oxygen atoms in total. The molecule has 1 aliphatic carbocycles. The Bertz CT molecular complexity index is 1190. The van der Waals surface area contributed by atoms with Gasteiger partial charge in [0.15, 0.2) is 5.78 Å². The Morgan fingerprint density at radius 1 is 1.03 bits per heavy atom. The standard InChI is InChI=1S/C24H22N3O.Y/c1-16(28)17-10-12-23-22(15-17)26-24(27(23)20-7-3-2-4-8-20)19-9-11-21-18(14-19)6-5-13-25-21;/h5-6,9-12,14-15,20H,2-4,7-8H2,1H3;/q-1;. The van der Waals surface area contributed by atoms with E-state index in [-0.39, 0.29) is 38.5 Å². The maximum absolute atomic E-state index is 11.9. The molecule has 2 aromatic heterocycles. The van der Waals surface area contributed by atoms with Crippen molar-refractivity contribution >= 4 is 27.7 Å². The van der Waals surface area contributed by atoms with Crippen LogP contribution in [-0.2, 0) is 32.7 Å². The van der Waals surface area contributed by atoms with Gasteiger partial charge in [-0.25, -0.2) is 4.98 Å². The fraction of sp³-hybridized carbons (Fsp3) is 0.292. The van der Waals surface area contributed by atoms with Crippen molar-refractivity contribution in [3.05, 3.63) is 60.3 Å². The molecule has 143 valence electrons. The third-order valence-corrected chi connectivity index (χ3v) is 5.84. The zero-order chi connectivity index (χ0) is 19.1. The van der Waals surface area contributed by atoms with Crippen LogP contribution in [0.4, 0.5) is 0 Å². The van der Waals surface area contributed by atoms with E-state index in [0.29, 0.717) is 11.6 Å². The molecule has 1 aliphatic rings. The van der Waals surface area contributed by atoms with Gasteiger partial charge in [0.2, 0.25) is 0 Å². The van der Waals surface area contributed by atoms with Gasteiger partial charge in [-0.15, -0.1) is 5.39 Å². The van der Waals surface area contributed by atoms with Crippen LogP contribution in [0.15, 0.2) is 48.5 Å². The fourth-order valence-corrected chi connectivity index (χ4v) is 4.39. The van der Waals surface area contributed by atoms with E-state index >= 15 is 0 Å². The van der Waals surface area contributed by atoms with E-state index < -0.39 is 0 Å². The number of fused-ring (bicyclic) bond motifs is 2. The van der Waals surface area contributed by atoms with E-state index in [1.807, 2.05) is 30.3 Å². The largest absolute Gasteiger partial charge is 0.386 e. The Kier molecular flexibility index (Phi) is 5.94. The van der Waals surface area contributed by atoms with E-state index in [4.69, 9.17) is 4.98 Å². The van der Waals surface area contributed by atoms with Gasteiger partial charge in [0.1, 0.15) is 5.82 Å². The second kappa shape index (κ2) is 8.45. The van der Waals surface area contributed by atoms with E-state index in [2.05, 4.69) is 33.9 Å². The number of aromatic nitrogens is 3. The van der Waals surface area contributed by atoms with E-state index in [1.165, 1.54) is 32.1 Å². The Morgan fingerprint density at radius 3 is 2.66 bits per heavy atom. The van der Waals surface area contributed by atoms with Crippen LogP contribution in [0.2, 0.25) is 0 Å². The summed E-state index contributed by atoms with van der Waals surface area (Å²) in [5.41, 5.74) is 4.75. The van der Waals surface area contributed by atoms with E-state index in [0.717, 1.165) is 33.3 Å². The van der Waals surface area contributed by atoms with Crippen LogP contribution in [-0.4, -0.2) is 20.3 Å². The van der Waals surface area contributed by atoms with Crippen molar-refractivity contribution in [3.8, 4) is 11.4 Å². The number of hydrogen-bond acceptors (Lipinski definition) is 3. The maximum Gasteiger partial charge on any atom is 0.159 e. The van der Waals surface area contributed by atoms with E-state index in [9.17, 15) is 4.79 Å². The van der Waals surface area contributed by atoms with Gasteiger partial charge < -0.3 is 9.55 Å². The summed E-state index contributed by atoms with van der Waals surface area (Å²) in [4.78, 5) is 21.2. The predicted octanol–water partition coefficient (Wildman–Crippen LogP) is 5.76. The van der Waals surface area contributed by atoms with Crippen molar-refractivity contribution < 1.29 is 37.5 Å². The number of carbonyl (C=O) groups excluding carboxylic acids is 1. The first-order chi connectivity index (χ1) is 13.7. The number of nitrogens with zero attached hydrogens (tertiary/aromatic N) is 3. The molecule has 0 atom stereocenters. The number of hydrogen-bond donors (Lipinski definition) is 0. The van der Waals surface area contributed by atoms with Crippen LogP contribution >= 0.6 is 0 Å². The molecule has 1 radical (unpaired) electrons. The summed E-state index contributed by atoms with van der Waals surface area (Å²) in [6.45, 7) is 1.60. The van der Waals surface area contributed by atoms with Crippen LogP contribution in [0.5, 0.6) is 0 Å². The molecule has 0 saturated heterocycles. The summed E-state index contributed by atoms with van der Waals surface area (Å²) >= 11 is 0.